The lowest BCUT2D eigenvalue weighted by Crippen LogP contribution is -1.93. The van der Waals surface area contributed by atoms with Crippen LogP contribution in [0.4, 0.5) is 0 Å². The highest BCUT2D eigenvalue weighted by Gasteiger charge is 2.15. The van der Waals surface area contributed by atoms with E-state index in [9.17, 15) is 0 Å². The minimum Gasteiger partial charge on any atom is -0.497 e. The van der Waals surface area contributed by atoms with Crippen molar-refractivity contribution in [3.63, 3.8) is 0 Å². The Morgan fingerprint density at radius 2 is 1.82 bits per heavy atom. The molecular formula is C19H18N2O. The predicted molar refractivity (Wildman–Crippen MR) is 91.8 cm³/mol. The molecular weight excluding hydrogens is 272 g/mol. The van der Waals surface area contributed by atoms with E-state index in [1.54, 1.807) is 7.11 Å². The zero-order chi connectivity index (χ0) is 15.4. The molecule has 0 bridgehead atoms. The molecule has 22 heavy (non-hydrogen) atoms. The Labute approximate surface area is 129 Å². The average molecular weight is 290 g/mol. The number of hydrogen-bond acceptors (Lipinski definition) is 2. The van der Waals surface area contributed by atoms with Crippen molar-refractivity contribution in [3.05, 3.63) is 47.8 Å². The normalized spacial score (nSPS) is 11.6. The molecule has 4 aromatic rings. The smallest absolute Gasteiger partial charge is 0.119 e. The minimum atomic E-state index is 0.873. The molecule has 4 rings (SSSR count). The van der Waals surface area contributed by atoms with Gasteiger partial charge in [-0.05, 0) is 54.6 Å². The first-order chi connectivity index (χ1) is 10.6. The summed E-state index contributed by atoms with van der Waals surface area (Å²) in [6.07, 6.45) is 4.28. The van der Waals surface area contributed by atoms with Gasteiger partial charge in [0.05, 0.1) is 18.1 Å². The summed E-state index contributed by atoms with van der Waals surface area (Å²) >= 11 is 0. The number of pyridine rings is 1. The maximum Gasteiger partial charge on any atom is 0.119 e. The van der Waals surface area contributed by atoms with Crippen LogP contribution in [0.25, 0.3) is 32.6 Å². The Kier molecular flexibility index (Phi) is 2.67. The van der Waals surface area contributed by atoms with Crippen LogP contribution < -0.4 is 4.74 Å². The number of benzene rings is 2. The van der Waals surface area contributed by atoms with Crippen LogP contribution in [0.1, 0.15) is 11.1 Å². The Morgan fingerprint density at radius 1 is 1.00 bits per heavy atom. The molecule has 3 heteroatoms. The quantitative estimate of drug-likeness (QED) is 0.516. The fourth-order valence-electron chi connectivity index (χ4n) is 3.38. The van der Waals surface area contributed by atoms with Gasteiger partial charge in [0, 0.05) is 35.6 Å². The molecule has 0 aliphatic rings. The first-order valence-corrected chi connectivity index (χ1v) is 7.42. The van der Waals surface area contributed by atoms with Gasteiger partial charge >= 0.3 is 0 Å². The highest BCUT2D eigenvalue weighted by atomic mass is 16.5. The third-order valence-corrected chi connectivity index (χ3v) is 4.58. The van der Waals surface area contributed by atoms with Crippen molar-refractivity contribution in [1.29, 1.82) is 0 Å². The highest BCUT2D eigenvalue weighted by molar-refractivity contribution is 6.16. The zero-order valence-electron chi connectivity index (χ0n) is 13.3. The predicted octanol–water partition coefficient (Wildman–Crippen LogP) is 4.51. The summed E-state index contributed by atoms with van der Waals surface area (Å²) in [7, 11) is 3.76. The molecule has 0 aliphatic carbocycles. The van der Waals surface area contributed by atoms with Crippen molar-refractivity contribution >= 4 is 32.6 Å². The molecule has 0 unspecified atom stereocenters. The standard InChI is InChI=1S/C19H18N2O/c1-11-16-10-21(3)8-7-14(16)12(2)19-18(11)15-9-13(22-4)5-6-17(15)20-19/h5-10H,1-4H3. The van der Waals surface area contributed by atoms with Gasteiger partial charge in [0.25, 0.3) is 0 Å². The Balaban J connectivity index is 2.28. The van der Waals surface area contributed by atoms with Crippen molar-refractivity contribution in [3.8, 4) is 5.75 Å². The molecule has 0 amide bonds. The van der Waals surface area contributed by atoms with Gasteiger partial charge in [0.15, 0.2) is 0 Å². The average Bonchev–Trinajstić information content (AvgIpc) is 2.91. The van der Waals surface area contributed by atoms with E-state index in [2.05, 4.69) is 50.0 Å². The Bertz CT molecular complexity index is 1040. The van der Waals surface area contributed by atoms with E-state index in [-0.39, 0.29) is 0 Å². The third kappa shape index (κ3) is 1.65. The molecule has 0 N–H and O–H groups in total. The summed E-state index contributed by atoms with van der Waals surface area (Å²) < 4.78 is 7.48. The number of aryl methyl sites for hydroxylation is 3. The van der Waals surface area contributed by atoms with E-state index in [0.717, 1.165) is 16.8 Å². The number of aromatic nitrogens is 2. The summed E-state index contributed by atoms with van der Waals surface area (Å²) in [6.45, 7) is 4.35. The number of methoxy groups -OCH3 is 1. The van der Waals surface area contributed by atoms with Crippen molar-refractivity contribution in [2.24, 2.45) is 7.05 Å². The molecule has 2 aromatic heterocycles. The molecule has 0 fully saturated rings. The van der Waals surface area contributed by atoms with Gasteiger partial charge in [0.2, 0.25) is 0 Å². The summed E-state index contributed by atoms with van der Waals surface area (Å²) in [5, 5.41) is 4.97. The van der Waals surface area contributed by atoms with Crippen LogP contribution in [-0.4, -0.2) is 16.7 Å². The highest BCUT2D eigenvalue weighted by Crippen LogP contribution is 2.37. The molecule has 2 heterocycles. The SMILES string of the molecule is COc1ccc2nc3c(C)c4ccn(C)cc4c(C)c3c2c1. The molecule has 0 spiro atoms. The fraction of sp³-hybridized carbons (Fsp3) is 0.211. The van der Waals surface area contributed by atoms with E-state index in [1.807, 2.05) is 12.1 Å². The van der Waals surface area contributed by atoms with Crippen LogP contribution in [0.2, 0.25) is 0 Å². The van der Waals surface area contributed by atoms with E-state index < -0.39 is 0 Å². The number of ether oxygens (including phenoxy) is 1. The molecule has 2 aromatic carbocycles. The fourth-order valence-corrected chi connectivity index (χ4v) is 3.38. The zero-order valence-corrected chi connectivity index (χ0v) is 13.3. The van der Waals surface area contributed by atoms with E-state index in [1.165, 1.54) is 32.7 Å². The number of rotatable bonds is 1. The van der Waals surface area contributed by atoms with Crippen LogP contribution in [0.3, 0.4) is 0 Å². The van der Waals surface area contributed by atoms with Gasteiger partial charge in [-0.2, -0.15) is 0 Å². The number of fused-ring (bicyclic) bond motifs is 4. The van der Waals surface area contributed by atoms with Gasteiger partial charge < -0.3 is 9.30 Å². The molecule has 0 atom stereocenters. The van der Waals surface area contributed by atoms with Crippen LogP contribution in [0.5, 0.6) is 5.75 Å². The first kappa shape index (κ1) is 13.1. The summed E-state index contributed by atoms with van der Waals surface area (Å²) in [5.41, 5.74) is 4.65. The van der Waals surface area contributed by atoms with Gasteiger partial charge in [0.1, 0.15) is 5.75 Å². The molecule has 0 aliphatic heterocycles. The lowest BCUT2D eigenvalue weighted by Gasteiger charge is -2.10. The maximum absolute atomic E-state index is 5.39. The molecule has 0 saturated heterocycles. The van der Waals surface area contributed by atoms with Crippen LogP contribution in [-0.2, 0) is 7.05 Å². The van der Waals surface area contributed by atoms with Gasteiger partial charge in [-0.1, -0.05) is 0 Å². The molecule has 0 radical (unpaired) electrons. The van der Waals surface area contributed by atoms with Crippen LogP contribution in [0.15, 0.2) is 36.7 Å². The second-order valence-corrected chi connectivity index (χ2v) is 5.91. The maximum atomic E-state index is 5.39. The summed E-state index contributed by atoms with van der Waals surface area (Å²) in [5.74, 6) is 0.873. The van der Waals surface area contributed by atoms with Crippen molar-refractivity contribution in [1.82, 2.24) is 9.55 Å². The molecule has 3 nitrogen and oxygen atoms in total. The lowest BCUT2D eigenvalue weighted by atomic mass is 9.97. The van der Waals surface area contributed by atoms with E-state index in [0.29, 0.717) is 0 Å². The van der Waals surface area contributed by atoms with E-state index >= 15 is 0 Å². The molecule has 110 valence electrons. The van der Waals surface area contributed by atoms with Crippen molar-refractivity contribution < 1.29 is 4.74 Å². The summed E-state index contributed by atoms with van der Waals surface area (Å²) in [4.78, 5) is 4.86. The minimum absolute atomic E-state index is 0.873. The monoisotopic (exact) mass is 290 g/mol. The van der Waals surface area contributed by atoms with Gasteiger partial charge in [-0.25, -0.2) is 4.98 Å². The number of nitrogens with zero attached hydrogens (tertiary/aromatic N) is 2. The lowest BCUT2D eigenvalue weighted by molar-refractivity contribution is 0.415. The number of hydrogen-bond donors (Lipinski definition) is 0. The second-order valence-electron chi connectivity index (χ2n) is 5.91. The van der Waals surface area contributed by atoms with Crippen LogP contribution >= 0.6 is 0 Å². The third-order valence-electron chi connectivity index (χ3n) is 4.58. The van der Waals surface area contributed by atoms with Gasteiger partial charge in [-0.3, -0.25) is 0 Å². The van der Waals surface area contributed by atoms with Crippen molar-refractivity contribution in [2.75, 3.05) is 7.11 Å². The first-order valence-electron chi connectivity index (χ1n) is 7.42. The Hall–Kier alpha value is -2.55. The van der Waals surface area contributed by atoms with Crippen molar-refractivity contribution in [2.45, 2.75) is 13.8 Å². The van der Waals surface area contributed by atoms with Crippen LogP contribution in [0, 0.1) is 13.8 Å². The topological polar surface area (TPSA) is 27.1 Å². The van der Waals surface area contributed by atoms with E-state index in [4.69, 9.17) is 9.72 Å². The largest absolute Gasteiger partial charge is 0.497 e. The second kappa shape index (κ2) is 4.47. The summed E-state index contributed by atoms with van der Waals surface area (Å²) in [6, 6.07) is 8.28. The Morgan fingerprint density at radius 3 is 2.59 bits per heavy atom. The molecule has 0 saturated carbocycles. The van der Waals surface area contributed by atoms with Gasteiger partial charge in [-0.15, -0.1) is 0 Å².